The third-order valence-corrected chi connectivity index (χ3v) is 5.47. The van der Waals surface area contributed by atoms with Gasteiger partial charge in [-0.25, -0.2) is 4.98 Å². The predicted octanol–water partition coefficient (Wildman–Crippen LogP) is 5.52. The maximum atomic E-state index is 13.0. The van der Waals surface area contributed by atoms with Crippen molar-refractivity contribution < 1.29 is 9.53 Å². The molecule has 0 saturated carbocycles. The molecule has 0 saturated heterocycles. The minimum atomic E-state index is 0.0255. The van der Waals surface area contributed by atoms with Crippen molar-refractivity contribution in [1.29, 1.82) is 0 Å². The Bertz CT molecular complexity index is 896. The van der Waals surface area contributed by atoms with Gasteiger partial charge >= 0.3 is 0 Å². The SMILES string of the molecule is COc1ccc(CCC(=O)N(c2ccccc2)c2nc(C)cs2)cc1Br. The molecule has 0 N–H and O–H groups in total. The number of thiazole rings is 1. The molecule has 2 aromatic carbocycles. The molecule has 0 bridgehead atoms. The van der Waals surface area contributed by atoms with Gasteiger partial charge < -0.3 is 4.74 Å². The van der Waals surface area contributed by atoms with Crippen LogP contribution in [0.15, 0.2) is 58.4 Å². The molecule has 1 aromatic heterocycles. The van der Waals surface area contributed by atoms with Crippen molar-refractivity contribution in [2.24, 2.45) is 0 Å². The van der Waals surface area contributed by atoms with E-state index in [1.54, 1.807) is 12.0 Å². The smallest absolute Gasteiger partial charge is 0.233 e. The maximum absolute atomic E-state index is 13.0. The van der Waals surface area contributed by atoms with Crippen molar-refractivity contribution >= 4 is 44.0 Å². The fourth-order valence-corrected chi connectivity index (χ4v) is 4.04. The molecule has 0 aliphatic carbocycles. The molecule has 0 radical (unpaired) electrons. The van der Waals surface area contributed by atoms with Crippen LogP contribution in [0.5, 0.6) is 5.75 Å². The molecule has 0 spiro atoms. The molecule has 134 valence electrons. The molecule has 1 amide bonds. The molecule has 4 nitrogen and oxygen atoms in total. The summed E-state index contributed by atoms with van der Waals surface area (Å²) in [6.07, 6.45) is 1.04. The number of aromatic nitrogens is 1. The normalized spacial score (nSPS) is 10.6. The fourth-order valence-electron chi connectivity index (χ4n) is 2.61. The van der Waals surface area contributed by atoms with Crippen LogP contribution in [0.4, 0.5) is 10.8 Å². The van der Waals surface area contributed by atoms with Crippen LogP contribution in [0.2, 0.25) is 0 Å². The van der Waals surface area contributed by atoms with E-state index < -0.39 is 0 Å². The van der Waals surface area contributed by atoms with Gasteiger partial charge in [0.15, 0.2) is 5.13 Å². The van der Waals surface area contributed by atoms with E-state index in [1.807, 2.05) is 60.8 Å². The number of carbonyl (C=O) groups is 1. The van der Waals surface area contributed by atoms with Gasteiger partial charge in [0, 0.05) is 11.8 Å². The second-order valence-electron chi connectivity index (χ2n) is 5.81. The molecule has 1 heterocycles. The van der Waals surface area contributed by atoms with Gasteiger partial charge in [0.05, 0.1) is 23.0 Å². The average molecular weight is 431 g/mol. The van der Waals surface area contributed by atoms with E-state index in [0.29, 0.717) is 18.0 Å². The molecule has 0 atom stereocenters. The van der Waals surface area contributed by atoms with Crippen LogP contribution >= 0.6 is 27.3 Å². The average Bonchev–Trinajstić information content (AvgIpc) is 3.07. The molecule has 3 rings (SSSR count). The first-order valence-corrected chi connectivity index (χ1v) is 9.88. The predicted molar refractivity (Wildman–Crippen MR) is 109 cm³/mol. The molecule has 26 heavy (non-hydrogen) atoms. The number of methoxy groups -OCH3 is 1. The van der Waals surface area contributed by atoms with E-state index in [4.69, 9.17) is 4.74 Å². The summed E-state index contributed by atoms with van der Waals surface area (Å²) in [5.41, 5.74) is 2.83. The minimum absolute atomic E-state index is 0.0255. The Kier molecular flexibility index (Phi) is 6.06. The zero-order chi connectivity index (χ0) is 18.5. The zero-order valence-corrected chi connectivity index (χ0v) is 17.0. The third-order valence-electron chi connectivity index (χ3n) is 3.91. The Morgan fingerprint density at radius 3 is 2.62 bits per heavy atom. The number of hydrogen-bond acceptors (Lipinski definition) is 4. The van der Waals surface area contributed by atoms with Gasteiger partial charge in [-0.15, -0.1) is 11.3 Å². The van der Waals surface area contributed by atoms with Crippen molar-refractivity contribution in [2.75, 3.05) is 12.0 Å². The van der Waals surface area contributed by atoms with Crippen molar-refractivity contribution in [1.82, 2.24) is 4.98 Å². The first kappa shape index (κ1) is 18.6. The number of hydrogen-bond donors (Lipinski definition) is 0. The van der Waals surface area contributed by atoms with Crippen LogP contribution in [0.1, 0.15) is 17.7 Å². The summed E-state index contributed by atoms with van der Waals surface area (Å²) in [4.78, 5) is 19.2. The zero-order valence-electron chi connectivity index (χ0n) is 14.6. The van der Waals surface area contributed by atoms with Gasteiger partial charge in [0.25, 0.3) is 0 Å². The minimum Gasteiger partial charge on any atom is -0.496 e. The van der Waals surface area contributed by atoms with Crippen molar-refractivity contribution in [3.05, 3.63) is 69.6 Å². The number of carbonyl (C=O) groups excluding carboxylic acids is 1. The number of anilines is 2. The van der Waals surface area contributed by atoms with Crippen LogP contribution in [0.25, 0.3) is 0 Å². The standard InChI is InChI=1S/C20H19BrN2O2S/c1-14-13-26-20(22-14)23(16-6-4-3-5-7-16)19(24)11-9-15-8-10-18(25-2)17(21)12-15/h3-8,10,12-13H,9,11H2,1-2H3. The van der Waals surface area contributed by atoms with E-state index in [2.05, 4.69) is 20.9 Å². The topological polar surface area (TPSA) is 42.4 Å². The Hall–Kier alpha value is -2.18. The summed E-state index contributed by atoms with van der Waals surface area (Å²) in [5.74, 6) is 0.807. The first-order chi connectivity index (χ1) is 12.6. The lowest BCUT2D eigenvalue weighted by Gasteiger charge is -2.20. The Labute approximate surface area is 165 Å². The van der Waals surface area contributed by atoms with E-state index in [-0.39, 0.29) is 5.91 Å². The second-order valence-corrected chi connectivity index (χ2v) is 7.50. The van der Waals surface area contributed by atoms with Crippen LogP contribution in [0, 0.1) is 6.92 Å². The number of aryl methyl sites for hydroxylation is 2. The Morgan fingerprint density at radius 2 is 2.00 bits per heavy atom. The highest BCUT2D eigenvalue weighted by Crippen LogP contribution is 2.30. The number of benzene rings is 2. The molecule has 6 heteroatoms. The summed E-state index contributed by atoms with van der Waals surface area (Å²) < 4.78 is 6.14. The summed E-state index contributed by atoms with van der Waals surface area (Å²) in [7, 11) is 1.64. The van der Waals surface area contributed by atoms with Crippen molar-refractivity contribution in [2.45, 2.75) is 19.8 Å². The quantitative estimate of drug-likeness (QED) is 0.516. The van der Waals surface area contributed by atoms with Gasteiger partial charge in [-0.3, -0.25) is 9.69 Å². The number of ether oxygens (including phenoxy) is 1. The summed E-state index contributed by atoms with van der Waals surface area (Å²) in [6, 6.07) is 15.5. The van der Waals surface area contributed by atoms with Gasteiger partial charge in [0.2, 0.25) is 5.91 Å². The molecule has 0 fully saturated rings. The van der Waals surface area contributed by atoms with E-state index in [0.717, 1.165) is 27.2 Å². The third kappa shape index (κ3) is 4.31. The highest BCUT2D eigenvalue weighted by atomic mass is 79.9. The summed E-state index contributed by atoms with van der Waals surface area (Å²) >= 11 is 4.97. The molecule has 0 unspecified atom stereocenters. The van der Waals surface area contributed by atoms with Crippen LogP contribution < -0.4 is 9.64 Å². The van der Waals surface area contributed by atoms with Crippen LogP contribution in [0.3, 0.4) is 0 Å². The molecular weight excluding hydrogens is 412 g/mol. The van der Waals surface area contributed by atoms with E-state index >= 15 is 0 Å². The van der Waals surface area contributed by atoms with Gasteiger partial charge in [-0.2, -0.15) is 0 Å². The van der Waals surface area contributed by atoms with Crippen LogP contribution in [-0.4, -0.2) is 18.0 Å². The maximum Gasteiger partial charge on any atom is 0.233 e. The van der Waals surface area contributed by atoms with Gasteiger partial charge in [-0.1, -0.05) is 24.3 Å². The number of para-hydroxylation sites is 1. The molecule has 0 aliphatic heterocycles. The monoisotopic (exact) mass is 430 g/mol. The van der Waals surface area contributed by atoms with Crippen molar-refractivity contribution in [3.8, 4) is 5.75 Å². The highest BCUT2D eigenvalue weighted by molar-refractivity contribution is 9.10. The molecule has 3 aromatic rings. The molecular formula is C20H19BrN2O2S. The lowest BCUT2D eigenvalue weighted by Crippen LogP contribution is -2.26. The summed E-state index contributed by atoms with van der Waals surface area (Å²) in [5, 5.41) is 2.66. The lowest BCUT2D eigenvalue weighted by molar-refractivity contribution is -0.117. The largest absolute Gasteiger partial charge is 0.496 e. The highest BCUT2D eigenvalue weighted by Gasteiger charge is 2.20. The summed E-state index contributed by atoms with van der Waals surface area (Å²) in [6.45, 7) is 1.93. The first-order valence-electron chi connectivity index (χ1n) is 8.21. The second kappa shape index (κ2) is 8.47. The molecule has 0 aliphatic rings. The Balaban J connectivity index is 1.79. The lowest BCUT2D eigenvalue weighted by atomic mass is 10.1. The van der Waals surface area contributed by atoms with E-state index in [9.17, 15) is 4.79 Å². The van der Waals surface area contributed by atoms with Gasteiger partial charge in [0.1, 0.15) is 5.75 Å². The van der Waals surface area contributed by atoms with E-state index in [1.165, 1.54) is 11.3 Å². The number of nitrogens with zero attached hydrogens (tertiary/aromatic N) is 2. The number of halogens is 1. The van der Waals surface area contributed by atoms with Crippen molar-refractivity contribution in [3.63, 3.8) is 0 Å². The Morgan fingerprint density at radius 1 is 1.23 bits per heavy atom. The number of amides is 1. The van der Waals surface area contributed by atoms with Gasteiger partial charge in [-0.05, 0) is 59.1 Å². The fraction of sp³-hybridized carbons (Fsp3) is 0.200. The van der Waals surface area contributed by atoms with Crippen LogP contribution in [-0.2, 0) is 11.2 Å². The number of rotatable bonds is 6.